The highest BCUT2D eigenvalue weighted by Crippen LogP contribution is 2.38. The molecule has 6 heteroatoms. The van der Waals surface area contributed by atoms with E-state index >= 15 is 0 Å². The van der Waals surface area contributed by atoms with E-state index in [0.717, 1.165) is 24.2 Å². The van der Waals surface area contributed by atoms with Crippen molar-refractivity contribution in [3.63, 3.8) is 0 Å². The van der Waals surface area contributed by atoms with Gasteiger partial charge in [0.15, 0.2) is 0 Å². The van der Waals surface area contributed by atoms with E-state index in [0.29, 0.717) is 28.2 Å². The number of hydrogen-bond acceptors (Lipinski definition) is 4. The molecule has 1 aliphatic rings. The molecule has 19 heavy (non-hydrogen) atoms. The maximum absolute atomic E-state index is 5.99. The lowest BCUT2D eigenvalue weighted by Gasteiger charge is -2.05. The van der Waals surface area contributed by atoms with E-state index in [2.05, 4.69) is 15.0 Å². The molecule has 0 bridgehead atoms. The molecule has 0 saturated heterocycles. The van der Waals surface area contributed by atoms with Gasteiger partial charge in [0, 0.05) is 12.3 Å². The van der Waals surface area contributed by atoms with Crippen LogP contribution >= 0.6 is 23.2 Å². The maximum atomic E-state index is 5.99. The Kier molecular flexibility index (Phi) is 3.29. The summed E-state index contributed by atoms with van der Waals surface area (Å²) in [5.41, 5.74) is 6.72. The van der Waals surface area contributed by atoms with Crippen LogP contribution in [0.3, 0.4) is 0 Å². The van der Waals surface area contributed by atoms with Gasteiger partial charge in [0.05, 0.1) is 10.0 Å². The molecule has 1 aromatic heterocycles. The molecule has 98 valence electrons. The molecule has 2 N–H and O–H groups in total. The van der Waals surface area contributed by atoms with E-state index < -0.39 is 0 Å². The van der Waals surface area contributed by atoms with Gasteiger partial charge in [-0.25, -0.2) is 4.98 Å². The zero-order valence-corrected chi connectivity index (χ0v) is 11.6. The molecule has 1 saturated carbocycles. The van der Waals surface area contributed by atoms with Crippen molar-refractivity contribution in [2.45, 2.75) is 25.2 Å². The highest BCUT2D eigenvalue weighted by molar-refractivity contribution is 6.42. The third kappa shape index (κ3) is 2.96. The Morgan fingerprint density at radius 2 is 1.89 bits per heavy atom. The first-order valence-electron chi connectivity index (χ1n) is 6.06. The Labute approximate surface area is 121 Å². The Morgan fingerprint density at radius 3 is 2.58 bits per heavy atom. The lowest BCUT2D eigenvalue weighted by Crippen LogP contribution is -2.07. The Morgan fingerprint density at radius 1 is 1.11 bits per heavy atom. The minimum Gasteiger partial charge on any atom is -0.368 e. The highest BCUT2D eigenvalue weighted by Gasteiger charge is 2.27. The molecule has 1 aromatic carbocycles. The van der Waals surface area contributed by atoms with Crippen molar-refractivity contribution < 1.29 is 0 Å². The lowest BCUT2D eigenvalue weighted by molar-refractivity contribution is 0.838. The lowest BCUT2D eigenvalue weighted by atomic mass is 10.1. The first-order valence-corrected chi connectivity index (χ1v) is 6.81. The van der Waals surface area contributed by atoms with Crippen LogP contribution < -0.4 is 5.73 Å². The van der Waals surface area contributed by atoms with Gasteiger partial charge in [0.2, 0.25) is 5.95 Å². The number of nitrogen functional groups attached to an aromatic ring is 1. The van der Waals surface area contributed by atoms with Crippen LogP contribution in [0.4, 0.5) is 5.95 Å². The average Bonchev–Trinajstić information content (AvgIpc) is 3.17. The van der Waals surface area contributed by atoms with Crippen LogP contribution in [0.25, 0.3) is 0 Å². The number of benzene rings is 1. The molecule has 2 aromatic rings. The standard InChI is InChI=1S/C13H12Cl2N4/c14-9-4-1-7(5-10(9)15)6-11-17-12(8-2-3-8)19-13(16)18-11/h1,4-5,8H,2-3,6H2,(H2,16,17,18,19). The molecule has 1 heterocycles. The molecule has 4 nitrogen and oxygen atoms in total. The molecule has 0 spiro atoms. The largest absolute Gasteiger partial charge is 0.368 e. The predicted octanol–water partition coefficient (Wildman–Crippen LogP) is 3.23. The van der Waals surface area contributed by atoms with Crippen LogP contribution in [-0.2, 0) is 6.42 Å². The van der Waals surface area contributed by atoms with Gasteiger partial charge >= 0.3 is 0 Å². The predicted molar refractivity (Wildman–Crippen MR) is 75.5 cm³/mol. The second kappa shape index (κ2) is 4.94. The van der Waals surface area contributed by atoms with E-state index in [9.17, 15) is 0 Å². The van der Waals surface area contributed by atoms with Crippen LogP contribution in [0.1, 0.15) is 36.0 Å². The van der Waals surface area contributed by atoms with E-state index in [4.69, 9.17) is 28.9 Å². The molecule has 0 radical (unpaired) electrons. The van der Waals surface area contributed by atoms with Crippen molar-refractivity contribution in [2.75, 3.05) is 5.73 Å². The second-order valence-electron chi connectivity index (χ2n) is 4.67. The number of hydrogen-bond donors (Lipinski definition) is 1. The summed E-state index contributed by atoms with van der Waals surface area (Å²) in [5, 5.41) is 1.07. The van der Waals surface area contributed by atoms with Gasteiger partial charge < -0.3 is 5.73 Å². The third-order valence-electron chi connectivity index (χ3n) is 3.01. The quantitative estimate of drug-likeness (QED) is 0.944. The summed E-state index contributed by atoms with van der Waals surface area (Å²) in [6, 6.07) is 5.50. The number of rotatable bonds is 3. The van der Waals surface area contributed by atoms with Crippen molar-refractivity contribution in [1.29, 1.82) is 0 Å². The van der Waals surface area contributed by atoms with Gasteiger partial charge in [-0.15, -0.1) is 0 Å². The molecule has 0 atom stereocenters. The van der Waals surface area contributed by atoms with Crippen molar-refractivity contribution in [1.82, 2.24) is 15.0 Å². The first-order chi connectivity index (χ1) is 9.11. The first kappa shape index (κ1) is 12.6. The normalized spacial score (nSPS) is 14.6. The molecular weight excluding hydrogens is 283 g/mol. The minimum absolute atomic E-state index is 0.284. The summed E-state index contributed by atoms with van der Waals surface area (Å²) < 4.78 is 0. The van der Waals surface area contributed by atoms with E-state index in [1.165, 1.54) is 0 Å². The summed E-state index contributed by atoms with van der Waals surface area (Å²) in [5.74, 6) is 2.22. The van der Waals surface area contributed by atoms with Crippen molar-refractivity contribution in [3.05, 3.63) is 45.5 Å². The fourth-order valence-electron chi connectivity index (χ4n) is 1.89. The topological polar surface area (TPSA) is 64.7 Å². The maximum Gasteiger partial charge on any atom is 0.223 e. The van der Waals surface area contributed by atoms with Gasteiger partial charge in [-0.2, -0.15) is 9.97 Å². The number of nitrogens with two attached hydrogens (primary N) is 1. The van der Waals surface area contributed by atoms with Gasteiger partial charge in [-0.3, -0.25) is 0 Å². The smallest absolute Gasteiger partial charge is 0.223 e. The Hall–Kier alpha value is -1.39. The molecule has 0 unspecified atom stereocenters. The summed E-state index contributed by atoms with van der Waals surface area (Å²) >= 11 is 11.9. The summed E-state index contributed by atoms with van der Waals surface area (Å²) in [4.78, 5) is 12.8. The zero-order chi connectivity index (χ0) is 13.4. The van der Waals surface area contributed by atoms with E-state index in [-0.39, 0.29) is 5.95 Å². The molecule has 3 rings (SSSR count). The molecular formula is C13H12Cl2N4. The number of aromatic nitrogens is 3. The van der Waals surface area contributed by atoms with Crippen molar-refractivity contribution in [3.8, 4) is 0 Å². The zero-order valence-electron chi connectivity index (χ0n) is 10.1. The summed E-state index contributed by atoms with van der Waals surface area (Å²) in [7, 11) is 0. The highest BCUT2D eigenvalue weighted by atomic mass is 35.5. The molecule has 1 fully saturated rings. The Balaban J connectivity index is 1.87. The van der Waals surface area contributed by atoms with E-state index in [1.54, 1.807) is 6.07 Å². The second-order valence-corrected chi connectivity index (χ2v) is 5.48. The van der Waals surface area contributed by atoms with Gasteiger partial charge in [-0.05, 0) is 30.5 Å². The molecule has 0 aliphatic heterocycles. The van der Waals surface area contributed by atoms with Gasteiger partial charge in [0.1, 0.15) is 11.6 Å². The molecule has 1 aliphatic carbocycles. The third-order valence-corrected chi connectivity index (χ3v) is 3.74. The average molecular weight is 295 g/mol. The van der Waals surface area contributed by atoms with Crippen molar-refractivity contribution in [2.24, 2.45) is 0 Å². The fourth-order valence-corrected chi connectivity index (χ4v) is 2.21. The number of halogens is 2. The van der Waals surface area contributed by atoms with Gasteiger partial charge in [-0.1, -0.05) is 29.3 Å². The number of nitrogens with zero attached hydrogens (tertiary/aromatic N) is 3. The van der Waals surface area contributed by atoms with Crippen LogP contribution in [0, 0.1) is 0 Å². The van der Waals surface area contributed by atoms with Crippen molar-refractivity contribution >= 4 is 29.2 Å². The molecule has 0 amide bonds. The van der Waals surface area contributed by atoms with Crippen LogP contribution in [-0.4, -0.2) is 15.0 Å². The number of anilines is 1. The monoisotopic (exact) mass is 294 g/mol. The van der Waals surface area contributed by atoms with Crippen LogP contribution in [0.15, 0.2) is 18.2 Å². The van der Waals surface area contributed by atoms with Crippen LogP contribution in [0.5, 0.6) is 0 Å². The van der Waals surface area contributed by atoms with Crippen LogP contribution in [0.2, 0.25) is 10.0 Å². The summed E-state index contributed by atoms with van der Waals surface area (Å²) in [6.45, 7) is 0. The fraction of sp³-hybridized carbons (Fsp3) is 0.308. The van der Waals surface area contributed by atoms with E-state index in [1.807, 2.05) is 12.1 Å². The Bertz CT molecular complexity index is 626. The van der Waals surface area contributed by atoms with Gasteiger partial charge in [0.25, 0.3) is 0 Å². The minimum atomic E-state index is 0.284. The SMILES string of the molecule is Nc1nc(Cc2ccc(Cl)c(Cl)c2)nc(C2CC2)n1. The summed E-state index contributed by atoms with van der Waals surface area (Å²) in [6.07, 6.45) is 2.84.